The molecule has 0 aliphatic carbocycles. The van der Waals surface area contributed by atoms with Crippen LogP contribution in [0.15, 0.2) is 41.6 Å². The van der Waals surface area contributed by atoms with Crippen LogP contribution in [0.5, 0.6) is 0 Å². The number of halogens is 1. The lowest BCUT2D eigenvalue weighted by Crippen LogP contribution is -1.90. The van der Waals surface area contributed by atoms with E-state index in [0.29, 0.717) is 16.9 Å². The fourth-order valence-corrected chi connectivity index (χ4v) is 2.26. The second kappa shape index (κ2) is 5.65. The third-order valence-electron chi connectivity index (χ3n) is 2.43. The van der Waals surface area contributed by atoms with Crippen LogP contribution in [0.3, 0.4) is 0 Å². The van der Waals surface area contributed by atoms with E-state index < -0.39 is 0 Å². The predicted molar refractivity (Wildman–Crippen MR) is 69.7 cm³/mol. The lowest BCUT2D eigenvalue weighted by molar-refractivity contribution is 0.617. The van der Waals surface area contributed by atoms with Crippen LogP contribution in [0.2, 0.25) is 0 Å². The number of nitriles is 1. The summed E-state index contributed by atoms with van der Waals surface area (Å²) >= 11 is 1.46. The number of benzene rings is 1. The van der Waals surface area contributed by atoms with Gasteiger partial charge in [-0.1, -0.05) is 6.07 Å². The van der Waals surface area contributed by atoms with Gasteiger partial charge in [0, 0.05) is 11.9 Å². The van der Waals surface area contributed by atoms with Crippen molar-refractivity contribution in [3.63, 3.8) is 0 Å². The predicted octanol–water partition coefficient (Wildman–Crippen LogP) is 3.69. The lowest BCUT2D eigenvalue weighted by atomic mass is 10.1. The first-order chi connectivity index (χ1) is 8.69. The molecule has 4 heteroatoms. The Bertz CT molecular complexity index is 588. The summed E-state index contributed by atoms with van der Waals surface area (Å²) in [6, 6.07) is 10.3. The highest BCUT2D eigenvalue weighted by Gasteiger charge is 2.05. The number of hydrogen-bond donors (Lipinski definition) is 0. The fraction of sp³-hybridized carbons (Fsp3) is 0.143. The number of aryl methyl sites for hydroxylation is 1. The van der Waals surface area contributed by atoms with E-state index in [2.05, 4.69) is 4.98 Å². The standard InChI is InChI=1S/C14H11FN2S/c1-10-2-5-14(17-8-10)18-9-12-6-11(7-16)3-4-13(12)15/h2-6,8H,9H2,1H3. The third-order valence-corrected chi connectivity index (χ3v) is 3.43. The molecule has 0 saturated heterocycles. The normalized spacial score (nSPS) is 10.1. The van der Waals surface area contributed by atoms with Crippen molar-refractivity contribution < 1.29 is 4.39 Å². The summed E-state index contributed by atoms with van der Waals surface area (Å²) in [6.07, 6.45) is 1.78. The molecule has 0 aliphatic rings. The van der Waals surface area contributed by atoms with Gasteiger partial charge in [0.15, 0.2) is 0 Å². The average molecular weight is 258 g/mol. The number of pyridine rings is 1. The van der Waals surface area contributed by atoms with Gasteiger partial charge in [0.05, 0.1) is 16.7 Å². The fourth-order valence-electron chi connectivity index (χ4n) is 1.45. The Balaban J connectivity index is 2.10. The van der Waals surface area contributed by atoms with E-state index in [0.717, 1.165) is 10.6 Å². The maximum absolute atomic E-state index is 13.5. The van der Waals surface area contributed by atoms with Crippen molar-refractivity contribution >= 4 is 11.8 Å². The van der Waals surface area contributed by atoms with E-state index in [1.807, 2.05) is 25.1 Å². The molecule has 0 amide bonds. The quantitative estimate of drug-likeness (QED) is 0.788. The van der Waals surface area contributed by atoms with Gasteiger partial charge in [-0.15, -0.1) is 11.8 Å². The minimum atomic E-state index is -0.284. The topological polar surface area (TPSA) is 36.7 Å². The summed E-state index contributed by atoms with van der Waals surface area (Å²) in [6.45, 7) is 1.97. The first-order valence-corrected chi connectivity index (χ1v) is 6.41. The molecule has 0 aliphatic heterocycles. The molecule has 2 nitrogen and oxygen atoms in total. The highest BCUT2D eigenvalue weighted by Crippen LogP contribution is 2.23. The molecule has 0 spiro atoms. The van der Waals surface area contributed by atoms with E-state index in [9.17, 15) is 4.39 Å². The monoisotopic (exact) mass is 258 g/mol. The van der Waals surface area contributed by atoms with E-state index in [4.69, 9.17) is 5.26 Å². The van der Waals surface area contributed by atoms with E-state index in [1.165, 1.54) is 23.9 Å². The Hall–Kier alpha value is -1.86. The molecular weight excluding hydrogens is 247 g/mol. The summed E-state index contributed by atoms with van der Waals surface area (Å²) in [5.41, 5.74) is 2.10. The molecule has 2 rings (SSSR count). The van der Waals surface area contributed by atoms with Crippen LogP contribution in [0, 0.1) is 24.1 Å². The smallest absolute Gasteiger partial charge is 0.127 e. The maximum Gasteiger partial charge on any atom is 0.127 e. The third kappa shape index (κ3) is 3.08. The molecule has 90 valence electrons. The van der Waals surface area contributed by atoms with E-state index in [1.54, 1.807) is 12.3 Å². The van der Waals surface area contributed by atoms with Crippen molar-refractivity contribution in [3.05, 3.63) is 59.0 Å². The highest BCUT2D eigenvalue weighted by atomic mass is 32.2. The summed E-state index contributed by atoms with van der Waals surface area (Å²) in [5.74, 6) is 0.186. The minimum absolute atomic E-state index is 0.284. The van der Waals surface area contributed by atoms with Crippen molar-refractivity contribution in [2.45, 2.75) is 17.7 Å². The summed E-state index contributed by atoms with van der Waals surface area (Å²) in [5, 5.41) is 9.63. The molecule has 2 aromatic rings. The van der Waals surface area contributed by atoms with Gasteiger partial charge in [-0.05, 0) is 42.3 Å². The van der Waals surface area contributed by atoms with Crippen LogP contribution < -0.4 is 0 Å². The maximum atomic E-state index is 13.5. The number of thioether (sulfide) groups is 1. The molecular formula is C14H11FN2S. The Labute approximate surface area is 109 Å². The molecule has 0 N–H and O–H groups in total. The lowest BCUT2D eigenvalue weighted by Gasteiger charge is -2.03. The van der Waals surface area contributed by atoms with Crippen molar-refractivity contribution in [3.8, 4) is 6.07 Å². The second-order valence-electron chi connectivity index (χ2n) is 3.88. The van der Waals surface area contributed by atoms with Crippen molar-refractivity contribution in [1.29, 1.82) is 5.26 Å². The van der Waals surface area contributed by atoms with Gasteiger partial charge < -0.3 is 0 Å². The first kappa shape index (κ1) is 12.6. The first-order valence-electron chi connectivity index (χ1n) is 5.43. The van der Waals surface area contributed by atoms with Crippen molar-refractivity contribution in [2.24, 2.45) is 0 Å². The van der Waals surface area contributed by atoms with Gasteiger partial charge >= 0.3 is 0 Å². The van der Waals surface area contributed by atoms with Crippen molar-refractivity contribution in [2.75, 3.05) is 0 Å². The van der Waals surface area contributed by atoms with Gasteiger partial charge in [0.2, 0.25) is 0 Å². The molecule has 0 unspecified atom stereocenters. The molecule has 1 aromatic heterocycles. The van der Waals surface area contributed by atoms with Crippen molar-refractivity contribution in [1.82, 2.24) is 4.98 Å². The Morgan fingerprint density at radius 2 is 2.17 bits per heavy atom. The van der Waals surface area contributed by atoms with E-state index >= 15 is 0 Å². The van der Waals surface area contributed by atoms with Crippen LogP contribution in [0.4, 0.5) is 4.39 Å². The zero-order chi connectivity index (χ0) is 13.0. The summed E-state index contributed by atoms with van der Waals surface area (Å²) in [4.78, 5) is 4.24. The van der Waals surface area contributed by atoms with Gasteiger partial charge in [0.25, 0.3) is 0 Å². The minimum Gasteiger partial charge on any atom is -0.250 e. The van der Waals surface area contributed by atoms with Crippen LogP contribution >= 0.6 is 11.8 Å². The molecule has 0 saturated carbocycles. The SMILES string of the molecule is Cc1ccc(SCc2cc(C#N)ccc2F)nc1. The summed E-state index contributed by atoms with van der Waals surface area (Å²) in [7, 11) is 0. The van der Waals surface area contributed by atoms with Gasteiger partial charge in [0.1, 0.15) is 5.82 Å². The van der Waals surface area contributed by atoms with Gasteiger partial charge in [-0.25, -0.2) is 9.37 Å². The molecule has 0 fully saturated rings. The highest BCUT2D eigenvalue weighted by molar-refractivity contribution is 7.98. The van der Waals surface area contributed by atoms with Gasteiger partial charge in [-0.3, -0.25) is 0 Å². The molecule has 18 heavy (non-hydrogen) atoms. The molecule has 0 atom stereocenters. The van der Waals surface area contributed by atoms with Crippen LogP contribution in [-0.2, 0) is 5.75 Å². The molecule has 0 bridgehead atoms. The number of nitrogens with zero attached hydrogens (tertiary/aromatic N) is 2. The number of aromatic nitrogens is 1. The Kier molecular flexibility index (Phi) is 3.96. The Morgan fingerprint density at radius 1 is 1.33 bits per heavy atom. The van der Waals surface area contributed by atoms with E-state index in [-0.39, 0.29) is 5.82 Å². The summed E-state index contributed by atoms with van der Waals surface area (Å²) < 4.78 is 13.5. The van der Waals surface area contributed by atoms with Gasteiger partial charge in [-0.2, -0.15) is 5.26 Å². The largest absolute Gasteiger partial charge is 0.250 e. The number of hydrogen-bond acceptors (Lipinski definition) is 3. The Morgan fingerprint density at radius 3 is 2.83 bits per heavy atom. The zero-order valence-electron chi connectivity index (χ0n) is 9.85. The molecule has 1 heterocycles. The molecule has 1 aromatic carbocycles. The van der Waals surface area contributed by atoms with Crippen LogP contribution in [0.1, 0.15) is 16.7 Å². The second-order valence-corrected chi connectivity index (χ2v) is 4.88. The van der Waals surface area contributed by atoms with Crippen LogP contribution in [-0.4, -0.2) is 4.98 Å². The number of rotatable bonds is 3. The average Bonchev–Trinajstić information content (AvgIpc) is 2.40. The van der Waals surface area contributed by atoms with Crippen LogP contribution in [0.25, 0.3) is 0 Å². The zero-order valence-corrected chi connectivity index (χ0v) is 10.7. The molecule has 0 radical (unpaired) electrons.